The highest BCUT2D eigenvalue weighted by molar-refractivity contribution is 7.85. The fraction of sp³-hybridized carbons (Fsp3) is 0.143. The first-order valence-corrected chi connectivity index (χ1v) is 19.7. The predicted molar refractivity (Wildman–Crippen MR) is 200 cm³/mol. The third-order valence-electron chi connectivity index (χ3n) is 8.81. The van der Waals surface area contributed by atoms with E-state index in [2.05, 4.69) is 0 Å². The topological polar surface area (TPSA) is 52.6 Å². The summed E-state index contributed by atoms with van der Waals surface area (Å²) in [6, 6.07) is 54.4. The van der Waals surface area contributed by atoms with Crippen molar-refractivity contribution in [3.05, 3.63) is 181 Å². The molecule has 0 aliphatic rings. The van der Waals surface area contributed by atoms with Crippen LogP contribution in [0.1, 0.15) is 25.0 Å². The second-order valence-corrected chi connectivity index (χ2v) is 17.3. The molecule has 0 amide bonds. The van der Waals surface area contributed by atoms with Gasteiger partial charge in [-0.1, -0.05) is 170 Å². The fourth-order valence-corrected chi connectivity index (χ4v) is 11.8. The Morgan fingerprint density at radius 1 is 0.396 bits per heavy atom. The molecule has 6 aromatic rings. The van der Waals surface area contributed by atoms with Gasteiger partial charge in [0.1, 0.15) is 0 Å². The van der Waals surface area contributed by atoms with E-state index in [0.717, 1.165) is 43.0 Å². The minimum atomic E-state index is -3.16. The number of ether oxygens (including phenoxy) is 2. The lowest BCUT2D eigenvalue weighted by molar-refractivity contribution is -0.0683. The van der Waals surface area contributed by atoms with Crippen LogP contribution in [0, 0.1) is 0 Å². The second-order valence-electron chi connectivity index (χ2n) is 11.9. The number of benzene rings is 6. The quantitative estimate of drug-likeness (QED) is 0.120. The molecule has 0 heterocycles. The molecule has 6 rings (SSSR count). The minimum absolute atomic E-state index is 0.270. The molecule has 0 aliphatic heterocycles. The van der Waals surface area contributed by atoms with Crippen molar-refractivity contribution in [2.75, 3.05) is 0 Å². The molecule has 6 heteroatoms. The van der Waals surface area contributed by atoms with Crippen molar-refractivity contribution in [3.8, 4) is 0 Å². The second kappa shape index (κ2) is 15.3. The smallest absolute Gasteiger partial charge is 0.171 e. The molecule has 6 aromatic carbocycles. The van der Waals surface area contributed by atoms with Crippen LogP contribution < -0.4 is 31.8 Å². The molecule has 0 radical (unpaired) electrons. The highest BCUT2D eigenvalue weighted by Crippen LogP contribution is 2.44. The summed E-state index contributed by atoms with van der Waals surface area (Å²) in [5.41, 5.74) is 1.76. The Kier molecular flexibility index (Phi) is 10.7. The van der Waals surface area contributed by atoms with E-state index in [0.29, 0.717) is 0 Å². The lowest BCUT2D eigenvalue weighted by Gasteiger charge is -2.26. The molecule has 48 heavy (non-hydrogen) atoms. The first kappa shape index (κ1) is 33.6. The van der Waals surface area contributed by atoms with Crippen molar-refractivity contribution in [2.24, 2.45) is 0 Å². The molecule has 2 atom stereocenters. The van der Waals surface area contributed by atoms with E-state index >= 15 is 9.13 Å². The zero-order valence-corrected chi connectivity index (χ0v) is 29.1. The maximum Gasteiger partial charge on any atom is 0.171 e. The Labute approximate surface area is 284 Å². The van der Waals surface area contributed by atoms with Crippen LogP contribution in [0.5, 0.6) is 0 Å². The van der Waals surface area contributed by atoms with E-state index in [1.165, 1.54) is 0 Å². The van der Waals surface area contributed by atoms with E-state index in [1.54, 1.807) is 0 Å². The first-order valence-electron chi connectivity index (χ1n) is 16.2. The standard InChI is InChI=1S/C42H40O4P2/c1-33(45-31-35-19-15-17-29-41(35)47(43,37-21-7-3-8-22-37)38-23-9-4-10-24-38)34(2)46-32-36-20-16-18-30-42(36)48(44,39-25-11-5-12-26-39)40-27-13-6-14-28-40/h3-30,33-34H,31-32H2,1-2H3. The maximum atomic E-state index is 15.1. The first-order chi connectivity index (χ1) is 23.4. The van der Waals surface area contributed by atoms with Gasteiger partial charge >= 0.3 is 0 Å². The van der Waals surface area contributed by atoms with Gasteiger partial charge in [-0.05, 0) is 25.0 Å². The molecule has 0 bridgehead atoms. The van der Waals surface area contributed by atoms with Crippen LogP contribution in [0.3, 0.4) is 0 Å². The van der Waals surface area contributed by atoms with Gasteiger partial charge in [0.05, 0.1) is 25.4 Å². The van der Waals surface area contributed by atoms with Crippen LogP contribution in [-0.2, 0) is 31.8 Å². The zero-order valence-electron chi connectivity index (χ0n) is 27.3. The van der Waals surface area contributed by atoms with Gasteiger partial charge in [-0.15, -0.1) is 0 Å². The molecule has 0 saturated heterocycles. The Hall–Kier alpha value is -4.30. The summed E-state index contributed by atoms with van der Waals surface area (Å²) in [4.78, 5) is 0. The Morgan fingerprint density at radius 3 is 0.938 bits per heavy atom. The molecular formula is C42H40O4P2. The molecule has 242 valence electrons. The van der Waals surface area contributed by atoms with Gasteiger partial charge < -0.3 is 18.6 Å². The summed E-state index contributed by atoms with van der Waals surface area (Å²) in [6.45, 7) is 4.54. The monoisotopic (exact) mass is 670 g/mol. The van der Waals surface area contributed by atoms with Gasteiger partial charge in [-0.25, -0.2) is 0 Å². The molecule has 0 N–H and O–H groups in total. The Bertz CT molecular complexity index is 1780. The molecule has 0 saturated carbocycles. The van der Waals surface area contributed by atoms with Gasteiger partial charge in [-0.3, -0.25) is 0 Å². The number of hydrogen-bond donors (Lipinski definition) is 0. The van der Waals surface area contributed by atoms with Crippen molar-refractivity contribution < 1.29 is 18.6 Å². The van der Waals surface area contributed by atoms with Gasteiger partial charge in [0.15, 0.2) is 14.3 Å². The van der Waals surface area contributed by atoms with Crippen LogP contribution in [0.4, 0.5) is 0 Å². The van der Waals surface area contributed by atoms with Gasteiger partial charge in [-0.2, -0.15) is 0 Å². The average molecular weight is 671 g/mol. The number of rotatable bonds is 13. The van der Waals surface area contributed by atoms with E-state index in [-0.39, 0.29) is 25.4 Å². The zero-order chi connectivity index (χ0) is 33.4. The molecule has 0 aromatic heterocycles. The third kappa shape index (κ3) is 6.95. The summed E-state index contributed by atoms with van der Waals surface area (Å²) >= 11 is 0. The number of hydrogen-bond acceptors (Lipinski definition) is 4. The van der Waals surface area contributed by atoms with Crippen LogP contribution in [0.15, 0.2) is 170 Å². The molecule has 0 aliphatic carbocycles. The Balaban J connectivity index is 1.21. The summed E-state index contributed by atoms with van der Waals surface area (Å²) in [6.07, 6.45) is -0.541. The van der Waals surface area contributed by atoms with Crippen molar-refractivity contribution in [1.82, 2.24) is 0 Å². The fourth-order valence-electron chi connectivity index (χ4n) is 6.00. The molecule has 0 fully saturated rings. The van der Waals surface area contributed by atoms with Crippen LogP contribution in [0.2, 0.25) is 0 Å². The third-order valence-corrected chi connectivity index (χ3v) is 15.1. The minimum Gasteiger partial charge on any atom is -0.371 e. The van der Waals surface area contributed by atoms with Crippen LogP contribution >= 0.6 is 14.3 Å². The van der Waals surface area contributed by atoms with Crippen molar-refractivity contribution in [3.63, 3.8) is 0 Å². The van der Waals surface area contributed by atoms with E-state index < -0.39 is 14.3 Å². The van der Waals surface area contributed by atoms with E-state index in [4.69, 9.17) is 9.47 Å². The lowest BCUT2D eigenvalue weighted by atomic mass is 10.2. The SMILES string of the molecule is CC(OCc1ccccc1P(=O)(c1ccccc1)c1ccccc1)C(C)OCc1ccccc1P(=O)(c1ccccc1)c1ccccc1. The Morgan fingerprint density at radius 2 is 0.646 bits per heavy atom. The summed E-state index contributed by atoms with van der Waals surface area (Å²) in [5, 5.41) is 4.70. The van der Waals surface area contributed by atoms with Crippen molar-refractivity contribution >= 4 is 46.1 Å². The highest BCUT2D eigenvalue weighted by Gasteiger charge is 2.33. The van der Waals surface area contributed by atoms with Gasteiger partial charge in [0.25, 0.3) is 0 Å². The van der Waals surface area contributed by atoms with Gasteiger partial charge in [0.2, 0.25) is 0 Å². The molecule has 0 spiro atoms. The summed E-state index contributed by atoms with van der Waals surface area (Å²) in [5.74, 6) is 0. The maximum absolute atomic E-state index is 15.1. The summed E-state index contributed by atoms with van der Waals surface area (Å²) < 4.78 is 43.0. The lowest BCUT2D eigenvalue weighted by Crippen LogP contribution is -2.31. The largest absolute Gasteiger partial charge is 0.371 e. The molecule has 4 nitrogen and oxygen atoms in total. The molecular weight excluding hydrogens is 630 g/mol. The molecule has 2 unspecified atom stereocenters. The highest BCUT2D eigenvalue weighted by atomic mass is 31.2. The predicted octanol–water partition coefficient (Wildman–Crippen LogP) is 7.48. The normalized spacial score (nSPS) is 13.1. The van der Waals surface area contributed by atoms with Gasteiger partial charge in [0, 0.05) is 31.8 Å². The van der Waals surface area contributed by atoms with E-state index in [9.17, 15) is 0 Å². The van der Waals surface area contributed by atoms with Crippen molar-refractivity contribution in [1.29, 1.82) is 0 Å². The van der Waals surface area contributed by atoms with Crippen LogP contribution in [0.25, 0.3) is 0 Å². The summed E-state index contributed by atoms with van der Waals surface area (Å²) in [7, 11) is -6.32. The van der Waals surface area contributed by atoms with Crippen LogP contribution in [-0.4, -0.2) is 12.2 Å². The average Bonchev–Trinajstić information content (AvgIpc) is 3.17. The van der Waals surface area contributed by atoms with Crippen molar-refractivity contribution in [2.45, 2.75) is 39.3 Å². The van der Waals surface area contributed by atoms with E-state index in [1.807, 2.05) is 184 Å².